The standard InChI is InChI=1S/C14H23NS/c1-5-15-9-12(3)10-16-14-8-11(2)6-7-13(14)4/h6-8,12,15H,5,9-10H2,1-4H3. The molecule has 0 aliphatic heterocycles. The van der Waals surface area contributed by atoms with E-state index in [0.717, 1.165) is 19.0 Å². The molecule has 1 rings (SSSR count). The fraction of sp³-hybridized carbons (Fsp3) is 0.571. The number of benzene rings is 1. The minimum Gasteiger partial charge on any atom is -0.317 e. The second kappa shape index (κ2) is 6.97. The number of aryl methyl sites for hydroxylation is 2. The molecule has 1 aromatic rings. The molecule has 0 saturated carbocycles. The van der Waals surface area contributed by atoms with Crippen LogP contribution in [-0.2, 0) is 0 Å². The van der Waals surface area contributed by atoms with Gasteiger partial charge in [-0.15, -0.1) is 11.8 Å². The molecule has 0 fully saturated rings. The number of hydrogen-bond acceptors (Lipinski definition) is 2. The highest BCUT2D eigenvalue weighted by Crippen LogP contribution is 2.25. The van der Waals surface area contributed by atoms with Crippen molar-refractivity contribution in [3.63, 3.8) is 0 Å². The molecule has 1 atom stereocenters. The highest BCUT2D eigenvalue weighted by molar-refractivity contribution is 7.99. The predicted octanol–water partition coefficient (Wildman–Crippen LogP) is 3.64. The maximum Gasteiger partial charge on any atom is 0.0104 e. The summed E-state index contributed by atoms with van der Waals surface area (Å²) in [6, 6.07) is 6.69. The molecule has 0 saturated heterocycles. The van der Waals surface area contributed by atoms with Crippen molar-refractivity contribution in [1.29, 1.82) is 0 Å². The summed E-state index contributed by atoms with van der Waals surface area (Å²) >= 11 is 1.98. The van der Waals surface area contributed by atoms with E-state index >= 15 is 0 Å². The van der Waals surface area contributed by atoms with Crippen molar-refractivity contribution in [3.05, 3.63) is 29.3 Å². The van der Waals surface area contributed by atoms with E-state index in [2.05, 4.69) is 51.2 Å². The smallest absolute Gasteiger partial charge is 0.0104 e. The minimum atomic E-state index is 0.727. The number of thioether (sulfide) groups is 1. The van der Waals surface area contributed by atoms with Gasteiger partial charge in [-0.3, -0.25) is 0 Å². The summed E-state index contributed by atoms with van der Waals surface area (Å²) in [7, 11) is 0. The maximum atomic E-state index is 3.40. The van der Waals surface area contributed by atoms with Crippen molar-refractivity contribution in [2.24, 2.45) is 5.92 Å². The molecule has 0 radical (unpaired) electrons. The van der Waals surface area contributed by atoms with Gasteiger partial charge < -0.3 is 5.32 Å². The van der Waals surface area contributed by atoms with Gasteiger partial charge in [-0.25, -0.2) is 0 Å². The monoisotopic (exact) mass is 237 g/mol. The van der Waals surface area contributed by atoms with E-state index in [4.69, 9.17) is 0 Å². The van der Waals surface area contributed by atoms with Crippen molar-refractivity contribution in [1.82, 2.24) is 5.32 Å². The summed E-state index contributed by atoms with van der Waals surface area (Å²) in [6.07, 6.45) is 0. The Morgan fingerprint density at radius 2 is 2.06 bits per heavy atom. The molecule has 1 nitrogen and oxygen atoms in total. The zero-order valence-electron chi connectivity index (χ0n) is 10.8. The van der Waals surface area contributed by atoms with Crippen LogP contribution in [0.1, 0.15) is 25.0 Å². The zero-order valence-corrected chi connectivity index (χ0v) is 11.7. The van der Waals surface area contributed by atoms with Gasteiger partial charge in [0.05, 0.1) is 0 Å². The van der Waals surface area contributed by atoms with Crippen LogP contribution in [0.3, 0.4) is 0 Å². The SMILES string of the molecule is CCNCC(C)CSc1cc(C)ccc1C. The van der Waals surface area contributed by atoms with Crippen molar-refractivity contribution >= 4 is 11.8 Å². The lowest BCUT2D eigenvalue weighted by atomic mass is 10.2. The van der Waals surface area contributed by atoms with Gasteiger partial charge in [0.1, 0.15) is 0 Å². The summed E-state index contributed by atoms with van der Waals surface area (Å²) in [5, 5.41) is 3.40. The quantitative estimate of drug-likeness (QED) is 0.758. The van der Waals surface area contributed by atoms with Crippen molar-refractivity contribution in [3.8, 4) is 0 Å². The molecule has 0 spiro atoms. The minimum absolute atomic E-state index is 0.727. The summed E-state index contributed by atoms with van der Waals surface area (Å²) < 4.78 is 0. The number of rotatable bonds is 6. The molecule has 90 valence electrons. The van der Waals surface area contributed by atoms with Gasteiger partial charge >= 0.3 is 0 Å². The highest BCUT2D eigenvalue weighted by atomic mass is 32.2. The lowest BCUT2D eigenvalue weighted by Gasteiger charge is -2.12. The Morgan fingerprint density at radius 1 is 1.31 bits per heavy atom. The van der Waals surface area contributed by atoms with E-state index < -0.39 is 0 Å². The largest absolute Gasteiger partial charge is 0.317 e. The van der Waals surface area contributed by atoms with E-state index in [1.807, 2.05) is 11.8 Å². The van der Waals surface area contributed by atoms with Crippen LogP contribution in [0, 0.1) is 19.8 Å². The second-order valence-corrected chi connectivity index (χ2v) is 5.55. The Kier molecular flexibility index (Phi) is 5.93. The molecule has 1 N–H and O–H groups in total. The first-order chi connectivity index (χ1) is 7.63. The second-order valence-electron chi connectivity index (χ2n) is 4.49. The Labute approximate surface area is 104 Å². The van der Waals surface area contributed by atoms with Crippen LogP contribution < -0.4 is 5.32 Å². The molecule has 1 unspecified atom stereocenters. The van der Waals surface area contributed by atoms with Gasteiger partial charge in [-0.1, -0.05) is 31.5 Å². The van der Waals surface area contributed by atoms with Crippen LogP contribution >= 0.6 is 11.8 Å². The summed E-state index contributed by atoms with van der Waals surface area (Å²) in [5.74, 6) is 1.92. The topological polar surface area (TPSA) is 12.0 Å². The lowest BCUT2D eigenvalue weighted by molar-refractivity contribution is 0.574. The summed E-state index contributed by atoms with van der Waals surface area (Å²) in [5.41, 5.74) is 2.75. The lowest BCUT2D eigenvalue weighted by Crippen LogP contribution is -2.21. The molecule has 0 bridgehead atoms. The Bertz CT molecular complexity index is 323. The van der Waals surface area contributed by atoms with Gasteiger partial charge in [-0.2, -0.15) is 0 Å². The van der Waals surface area contributed by atoms with Crippen LogP contribution in [0.15, 0.2) is 23.1 Å². The fourth-order valence-corrected chi connectivity index (χ4v) is 2.69. The molecular weight excluding hydrogens is 214 g/mol. The third-order valence-electron chi connectivity index (χ3n) is 2.61. The molecule has 0 heterocycles. The van der Waals surface area contributed by atoms with E-state index in [1.165, 1.54) is 21.8 Å². The predicted molar refractivity (Wildman–Crippen MR) is 74.3 cm³/mol. The molecule has 16 heavy (non-hydrogen) atoms. The van der Waals surface area contributed by atoms with Gasteiger partial charge in [0.2, 0.25) is 0 Å². The van der Waals surface area contributed by atoms with E-state index in [9.17, 15) is 0 Å². The average Bonchev–Trinajstić information content (AvgIpc) is 2.27. The van der Waals surface area contributed by atoms with Gasteiger partial charge in [0.25, 0.3) is 0 Å². The first kappa shape index (κ1) is 13.6. The van der Waals surface area contributed by atoms with Crippen molar-refractivity contribution in [2.75, 3.05) is 18.8 Å². The van der Waals surface area contributed by atoms with Crippen LogP contribution in [0.4, 0.5) is 0 Å². The first-order valence-corrected chi connectivity index (χ1v) is 7.02. The molecular formula is C14H23NS. The van der Waals surface area contributed by atoms with E-state index in [1.54, 1.807) is 0 Å². The molecule has 0 aromatic heterocycles. The fourth-order valence-electron chi connectivity index (χ4n) is 1.54. The zero-order chi connectivity index (χ0) is 12.0. The van der Waals surface area contributed by atoms with E-state index in [-0.39, 0.29) is 0 Å². The first-order valence-electron chi connectivity index (χ1n) is 6.04. The van der Waals surface area contributed by atoms with Crippen LogP contribution in [0.25, 0.3) is 0 Å². The Morgan fingerprint density at radius 3 is 2.75 bits per heavy atom. The molecule has 1 aromatic carbocycles. The van der Waals surface area contributed by atoms with Gasteiger partial charge in [0.15, 0.2) is 0 Å². The number of hydrogen-bond donors (Lipinski definition) is 1. The van der Waals surface area contributed by atoms with Crippen LogP contribution in [-0.4, -0.2) is 18.8 Å². The van der Waals surface area contributed by atoms with E-state index in [0.29, 0.717) is 0 Å². The van der Waals surface area contributed by atoms with Crippen molar-refractivity contribution < 1.29 is 0 Å². The summed E-state index contributed by atoms with van der Waals surface area (Å²) in [4.78, 5) is 1.43. The summed E-state index contributed by atoms with van der Waals surface area (Å²) in [6.45, 7) is 11.0. The molecule has 0 aliphatic carbocycles. The highest BCUT2D eigenvalue weighted by Gasteiger charge is 2.04. The maximum absolute atomic E-state index is 3.40. The third kappa shape index (κ3) is 4.58. The van der Waals surface area contributed by atoms with Gasteiger partial charge in [-0.05, 0) is 44.5 Å². The number of nitrogens with one attached hydrogen (secondary N) is 1. The Balaban J connectivity index is 2.44. The van der Waals surface area contributed by atoms with Crippen LogP contribution in [0.5, 0.6) is 0 Å². The molecule has 2 heteroatoms. The molecule has 0 aliphatic rings. The average molecular weight is 237 g/mol. The normalized spacial score (nSPS) is 12.8. The van der Waals surface area contributed by atoms with Crippen LogP contribution in [0.2, 0.25) is 0 Å². The molecule has 0 amide bonds. The van der Waals surface area contributed by atoms with Gasteiger partial charge in [0, 0.05) is 10.6 Å². The van der Waals surface area contributed by atoms with Crippen molar-refractivity contribution in [2.45, 2.75) is 32.6 Å². The Hall–Kier alpha value is -0.470. The third-order valence-corrected chi connectivity index (χ3v) is 4.10.